The van der Waals surface area contributed by atoms with Crippen LogP contribution in [0.5, 0.6) is 0 Å². The van der Waals surface area contributed by atoms with E-state index in [0.717, 1.165) is 18.7 Å². The quantitative estimate of drug-likeness (QED) is 0.846. The second-order valence-corrected chi connectivity index (χ2v) is 7.78. The standard InChI is InChI=1S/C15H24N2O2S/c1-3-20(18,19)15-8-6-13(7-9-15)17-12(2)11-14-5-4-10-16-14/h6-9,12,14,16-17H,3-5,10-11H2,1-2H3. The monoisotopic (exact) mass is 296 g/mol. The van der Waals surface area contributed by atoms with Gasteiger partial charge in [-0.05, 0) is 57.0 Å². The van der Waals surface area contributed by atoms with Crippen molar-refractivity contribution in [3.63, 3.8) is 0 Å². The molecule has 1 fully saturated rings. The molecule has 5 heteroatoms. The summed E-state index contributed by atoms with van der Waals surface area (Å²) in [7, 11) is -3.10. The van der Waals surface area contributed by atoms with Gasteiger partial charge in [0.1, 0.15) is 0 Å². The highest BCUT2D eigenvalue weighted by Crippen LogP contribution is 2.18. The Hall–Kier alpha value is -1.07. The number of anilines is 1. The van der Waals surface area contributed by atoms with Gasteiger partial charge in [-0.2, -0.15) is 0 Å². The number of rotatable bonds is 6. The Morgan fingerprint density at radius 3 is 2.60 bits per heavy atom. The first-order chi connectivity index (χ1) is 9.51. The lowest BCUT2D eigenvalue weighted by Crippen LogP contribution is -2.29. The average molecular weight is 296 g/mol. The predicted octanol–water partition coefficient (Wildman–Crippen LogP) is 2.42. The lowest BCUT2D eigenvalue weighted by molar-refractivity contribution is 0.523. The Morgan fingerprint density at radius 1 is 1.35 bits per heavy atom. The van der Waals surface area contributed by atoms with E-state index in [1.807, 2.05) is 12.1 Å². The highest BCUT2D eigenvalue weighted by atomic mass is 32.2. The molecule has 2 atom stereocenters. The second-order valence-electron chi connectivity index (χ2n) is 5.50. The first-order valence-corrected chi connectivity index (χ1v) is 8.99. The predicted molar refractivity (Wildman–Crippen MR) is 82.9 cm³/mol. The fourth-order valence-electron chi connectivity index (χ4n) is 2.65. The van der Waals surface area contributed by atoms with Gasteiger partial charge in [0.05, 0.1) is 10.6 Å². The van der Waals surface area contributed by atoms with Crippen molar-refractivity contribution in [1.82, 2.24) is 5.32 Å². The van der Waals surface area contributed by atoms with Crippen molar-refractivity contribution in [3.05, 3.63) is 24.3 Å². The van der Waals surface area contributed by atoms with E-state index in [1.54, 1.807) is 19.1 Å². The van der Waals surface area contributed by atoms with Crippen molar-refractivity contribution >= 4 is 15.5 Å². The molecule has 0 aromatic heterocycles. The lowest BCUT2D eigenvalue weighted by Gasteiger charge is -2.19. The van der Waals surface area contributed by atoms with Gasteiger partial charge in [-0.25, -0.2) is 8.42 Å². The van der Waals surface area contributed by atoms with E-state index in [9.17, 15) is 8.42 Å². The van der Waals surface area contributed by atoms with Gasteiger partial charge in [0.15, 0.2) is 9.84 Å². The lowest BCUT2D eigenvalue weighted by atomic mass is 10.1. The van der Waals surface area contributed by atoms with E-state index < -0.39 is 9.84 Å². The molecular weight excluding hydrogens is 272 g/mol. The SMILES string of the molecule is CCS(=O)(=O)c1ccc(NC(C)CC2CCCN2)cc1. The maximum absolute atomic E-state index is 11.7. The minimum absolute atomic E-state index is 0.142. The summed E-state index contributed by atoms with van der Waals surface area (Å²) in [5.41, 5.74) is 0.977. The van der Waals surface area contributed by atoms with Crippen molar-refractivity contribution in [2.24, 2.45) is 0 Å². The summed E-state index contributed by atoms with van der Waals surface area (Å²) >= 11 is 0. The normalized spacial score (nSPS) is 20.8. The third-order valence-electron chi connectivity index (χ3n) is 3.81. The smallest absolute Gasteiger partial charge is 0.178 e. The Labute approximate surface area is 121 Å². The van der Waals surface area contributed by atoms with Gasteiger partial charge in [-0.1, -0.05) is 6.92 Å². The molecule has 1 heterocycles. The molecule has 0 aliphatic carbocycles. The number of benzene rings is 1. The molecular formula is C15H24N2O2S. The van der Waals surface area contributed by atoms with Crippen LogP contribution in [0.2, 0.25) is 0 Å². The first kappa shape index (κ1) is 15.3. The van der Waals surface area contributed by atoms with E-state index in [2.05, 4.69) is 17.6 Å². The van der Waals surface area contributed by atoms with Gasteiger partial charge in [0, 0.05) is 17.8 Å². The molecule has 1 saturated heterocycles. The van der Waals surface area contributed by atoms with Crippen molar-refractivity contribution in [3.8, 4) is 0 Å². The van der Waals surface area contributed by atoms with Crippen LogP contribution < -0.4 is 10.6 Å². The van der Waals surface area contributed by atoms with Crippen LogP contribution in [0.1, 0.15) is 33.1 Å². The van der Waals surface area contributed by atoms with Crippen LogP contribution in [0.4, 0.5) is 5.69 Å². The summed E-state index contributed by atoms with van der Waals surface area (Å²) in [6, 6.07) is 8.04. The minimum Gasteiger partial charge on any atom is -0.383 e. The van der Waals surface area contributed by atoms with Gasteiger partial charge >= 0.3 is 0 Å². The van der Waals surface area contributed by atoms with Crippen molar-refractivity contribution in [2.75, 3.05) is 17.6 Å². The molecule has 0 spiro atoms. The zero-order valence-corrected chi connectivity index (χ0v) is 13.0. The summed E-state index contributed by atoms with van der Waals surface area (Å²) < 4.78 is 23.5. The first-order valence-electron chi connectivity index (χ1n) is 7.34. The van der Waals surface area contributed by atoms with Gasteiger partial charge in [0.2, 0.25) is 0 Å². The largest absolute Gasteiger partial charge is 0.383 e. The maximum Gasteiger partial charge on any atom is 0.178 e. The number of hydrogen-bond donors (Lipinski definition) is 2. The van der Waals surface area contributed by atoms with Gasteiger partial charge in [-0.15, -0.1) is 0 Å². The van der Waals surface area contributed by atoms with Crippen LogP contribution in [-0.4, -0.2) is 32.8 Å². The Balaban J connectivity index is 1.93. The molecule has 1 aliphatic rings. The van der Waals surface area contributed by atoms with Crippen LogP contribution in [0, 0.1) is 0 Å². The highest BCUT2D eigenvalue weighted by molar-refractivity contribution is 7.91. The highest BCUT2D eigenvalue weighted by Gasteiger charge is 2.17. The summed E-state index contributed by atoms with van der Waals surface area (Å²) in [4.78, 5) is 0.399. The molecule has 1 aliphatic heterocycles. The molecule has 4 nitrogen and oxygen atoms in total. The third-order valence-corrected chi connectivity index (χ3v) is 5.56. The van der Waals surface area contributed by atoms with E-state index in [1.165, 1.54) is 12.8 Å². The van der Waals surface area contributed by atoms with E-state index in [0.29, 0.717) is 17.0 Å². The molecule has 0 bridgehead atoms. The van der Waals surface area contributed by atoms with Crippen LogP contribution in [-0.2, 0) is 9.84 Å². The van der Waals surface area contributed by atoms with Gasteiger partial charge in [-0.3, -0.25) is 0 Å². The van der Waals surface area contributed by atoms with Crippen molar-refractivity contribution in [1.29, 1.82) is 0 Å². The van der Waals surface area contributed by atoms with Crippen molar-refractivity contribution in [2.45, 2.75) is 50.1 Å². The second kappa shape index (κ2) is 6.59. The summed E-state index contributed by atoms with van der Waals surface area (Å²) in [6.45, 7) is 4.95. The molecule has 1 aromatic carbocycles. The van der Waals surface area contributed by atoms with E-state index in [4.69, 9.17) is 0 Å². The molecule has 112 valence electrons. The zero-order chi connectivity index (χ0) is 14.6. The minimum atomic E-state index is -3.10. The zero-order valence-electron chi connectivity index (χ0n) is 12.2. The molecule has 0 saturated carbocycles. The molecule has 0 radical (unpaired) electrons. The summed E-state index contributed by atoms with van der Waals surface area (Å²) in [5, 5.41) is 6.92. The van der Waals surface area contributed by atoms with Crippen LogP contribution >= 0.6 is 0 Å². The summed E-state index contributed by atoms with van der Waals surface area (Å²) in [5.74, 6) is 0.142. The van der Waals surface area contributed by atoms with Crippen molar-refractivity contribution < 1.29 is 8.42 Å². The van der Waals surface area contributed by atoms with E-state index in [-0.39, 0.29) is 5.75 Å². The molecule has 2 rings (SSSR count). The molecule has 20 heavy (non-hydrogen) atoms. The topological polar surface area (TPSA) is 58.2 Å². The molecule has 0 amide bonds. The summed E-state index contributed by atoms with van der Waals surface area (Å²) in [6.07, 6.45) is 3.61. The van der Waals surface area contributed by atoms with Gasteiger partial charge < -0.3 is 10.6 Å². The third kappa shape index (κ3) is 3.96. The molecule has 2 unspecified atom stereocenters. The Kier molecular flexibility index (Phi) is 5.05. The van der Waals surface area contributed by atoms with E-state index >= 15 is 0 Å². The Bertz CT molecular complexity index is 519. The van der Waals surface area contributed by atoms with Gasteiger partial charge in [0.25, 0.3) is 0 Å². The molecule has 1 aromatic rings. The number of sulfone groups is 1. The van der Waals surface area contributed by atoms with Crippen LogP contribution in [0.15, 0.2) is 29.2 Å². The average Bonchev–Trinajstić information content (AvgIpc) is 2.92. The Morgan fingerprint density at radius 2 is 2.05 bits per heavy atom. The number of hydrogen-bond acceptors (Lipinski definition) is 4. The number of nitrogens with one attached hydrogen (secondary N) is 2. The fourth-order valence-corrected chi connectivity index (χ4v) is 3.54. The fraction of sp³-hybridized carbons (Fsp3) is 0.600. The van der Waals surface area contributed by atoms with Crippen LogP contribution in [0.3, 0.4) is 0 Å². The van der Waals surface area contributed by atoms with Crippen LogP contribution in [0.25, 0.3) is 0 Å². The maximum atomic E-state index is 11.7. The molecule has 2 N–H and O–H groups in total.